The largest absolute Gasteiger partial charge is 0.489 e. The zero-order chi connectivity index (χ0) is 64.2. The molecule has 4 fully saturated rings. The number of benzene rings is 3. The van der Waals surface area contributed by atoms with Gasteiger partial charge in [0.1, 0.15) is 28.6 Å². The van der Waals surface area contributed by atoms with E-state index < -0.39 is 0 Å². The van der Waals surface area contributed by atoms with E-state index >= 15 is 0 Å². The van der Waals surface area contributed by atoms with Crippen LogP contribution in [0.4, 0.5) is 11.6 Å². The Balaban J connectivity index is 0.000000140. The highest BCUT2D eigenvalue weighted by molar-refractivity contribution is 6.37. The lowest BCUT2D eigenvalue weighted by atomic mass is 9.84. The van der Waals surface area contributed by atoms with Gasteiger partial charge in [-0.2, -0.15) is 0 Å². The molecule has 9 heterocycles. The van der Waals surface area contributed by atoms with Gasteiger partial charge < -0.3 is 51.2 Å². The third kappa shape index (κ3) is 14.2. The molecule has 1 saturated carbocycles. The molecule has 0 radical (unpaired) electrons. The van der Waals surface area contributed by atoms with Crippen LogP contribution >= 0.6 is 69.6 Å². The van der Waals surface area contributed by atoms with Crippen LogP contribution in [0.2, 0.25) is 30.1 Å². The molecule has 25 heteroatoms. The lowest BCUT2D eigenvalue weighted by Crippen LogP contribution is -2.51. The Labute approximate surface area is 558 Å². The SMILES string of the molecule is CC(=O)N1CCN(c2cnc3cc(CN)c(-c4ccc(Cl)cc4Cl)cn23)CC1.CC(C)COc1c(CN)c(-c2ccc(Cl)cc2Cl)cn2c(C(=O)N3CCOCC3)cnc12.NCc1cc2ncc(N3CCN(C(=O)C4CCC4)CC3)n2cc1-c1ccc(Cl)cc1Cl. The molecule has 1 aliphatic carbocycles. The van der Waals surface area contributed by atoms with Crippen molar-refractivity contribution in [3.8, 4) is 39.1 Å². The second kappa shape index (κ2) is 29.0. The van der Waals surface area contributed by atoms with Crippen molar-refractivity contribution in [2.45, 2.75) is 59.7 Å². The number of nitrogens with zero attached hydrogens (tertiary/aromatic N) is 11. The summed E-state index contributed by atoms with van der Waals surface area (Å²) in [6.07, 6.45) is 14.6. The number of piperazine rings is 2. The molecule has 6 N–H and O–H groups in total. The number of nitrogens with two attached hydrogens (primary N) is 3. The van der Waals surface area contributed by atoms with Crippen LogP contribution in [-0.2, 0) is 34.0 Å². The molecule has 6 aromatic heterocycles. The lowest BCUT2D eigenvalue weighted by molar-refractivity contribution is -0.138. The third-order valence-electron chi connectivity index (χ3n) is 17.1. The summed E-state index contributed by atoms with van der Waals surface area (Å²) in [6.45, 7) is 15.4. The van der Waals surface area contributed by atoms with Gasteiger partial charge >= 0.3 is 0 Å². The predicted octanol–water partition coefficient (Wildman–Crippen LogP) is 11.9. The molecule has 0 bridgehead atoms. The number of carbonyl (C=O) groups excluding carboxylic acids is 3. The van der Waals surface area contributed by atoms with Crippen molar-refractivity contribution >= 4 is 116 Å². The summed E-state index contributed by atoms with van der Waals surface area (Å²) < 4.78 is 17.5. The minimum Gasteiger partial charge on any atom is -0.489 e. The first kappa shape index (κ1) is 65.6. The fourth-order valence-corrected chi connectivity index (χ4v) is 13.4. The Morgan fingerprint density at radius 3 is 1.46 bits per heavy atom. The highest BCUT2D eigenvalue weighted by atomic mass is 35.5. The second-order valence-corrected chi connectivity index (χ2v) is 25.9. The minimum atomic E-state index is -0.107. The monoisotopic (exact) mass is 1350 g/mol. The third-order valence-corrected chi connectivity index (χ3v) is 18.7. The number of morpholine rings is 1. The van der Waals surface area contributed by atoms with Crippen LogP contribution in [0.15, 0.2) is 104 Å². The molecule has 3 saturated heterocycles. The highest BCUT2D eigenvalue weighted by Gasteiger charge is 2.33. The molecule has 3 amide bonds. The number of fused-ring (bicyclic) bond motifs is 3. The summed E-state index contributed by atoms with van der Waals surface area (Å²) >= 11 is 37.8. The number of anilines is 2. The Morgan fingerprint density at radius 2 is 1.03 bits per heavy atom. The number of imidazole rings is 3. The molecular weight excluding hydrogens is 1280 g/mol. The van der Waals surface area contributed by atoms with Crippen LogP contribution in [0.25, 0.3) is 50.3 Å². The van der Waals surface area contributed by atoms with E-state index in [0.717, 1.165) is 125 Å². The van der Waals surface area contributed by atoms with Gasteiger partial charge in [-0.15, -0.1) is 0 Å². The molecular formula is C66H72Cl6N14O5. The van der Waals surface area contributed by atoms with Gasteiger partial charge in [0.15, 0.2) is 11.4 Å². The summed E-state index contributed by atoms with van der Waals surface area (Å²) in [5.41, 5.74) is 28.8. The summed E-state index contributed by atoms with van der Waals surface area (Å²) in [4.78, 5) is 61.3. The molecule has 4 aliphatic rings. The van der Waals surface area contributed by atoms with Crippen LogP contribution < -0.4 is 31.7 Å². The van der Waals surface area contributed by atoms with Crippen LogP contribution in [-0.4, -0.2) is 146 Å². The summed E-state index contributed by atoms with van der Waals surface area (Å²) in [6, 6.07) is 20.3. The fourth-order valence-electron chi connectivity index (χ4n) is 11.9. The minimum absolute atomic E-state index is 0.107. The van der Waals surface area contributed by atoms with Crippen molar-refractivity contribution < 1.29 is 23.9 Å². The van der Waals surface area contributed by atoms with Gasteiger partial charge in [-0.05, 0) is 78.4 Å². The first-order valence-corrected chi connectivity index (χ1v) is 32.7. The molecule has 3 aliphatic heterocycles. The Bertz CT molecular complexity index is 4150. The van der Waals surface area contributed by atoms with Gasteiger partial charge in [0.25, 0.3) is 5.91 Å². The molecule has 91 heavy (non-hydrogen) atoms. The van der Waals surface area contributed by atoms with Crippen LogP contribution in [0, 0.1) is 11.8 Å². The molecule has 19 nitrogen and oxygen atoms in total. The van der Waals surface area contributed by atoms with E-state index in [1.54, 1.807) is 46.7 Å². The summed E-state index contributed by atoms with van der Waals surface area (Å²) in [7, 11) is 0. The van der Waals surface area contributed by atoms with E-state index in [1.807, 2.05) is 77.1 Å². The quantitative estimate of drug-likeness (QED) is 0.0980. The maximum Gasteiger partial charge on any atom is 0.272 e. The van der Waals surface area contributed by atoms with Crippen molar-refractivity contribution in [1.29, 1.82) is 0 Å². The normalized spacial score (nSPS) is 15.5. The molecule has 13 rings (SSSR count). The Kier molecular flexibility index (Phi) is 20.9. The molecule has 0 unspecified atom stereocenters. The molecule has 0 atom stereocenters. The maximum atomic E-state index is 13.3. The van der Waals surface area contributed by atoms with Crippen molar-refractivity contribution in [3.63, 3.8) is 0 Å². The van der Waals surface area contributed by atoms with Gasteiger partial charge in [0.2, 0.25) is 11.8 Å². The van der Waals surface area contributed by atoms with E-state index in [4.69, 9.17) is 96.3 Å². The number of aromatic nitrogens is 6. The van der Waals surface area contributed by atoms with Crippen molar-refractivity contribution in [1.82, 2.24) is 42.9 Å². The number of amides is 3. The number of carbonyl (C=O) groups is 3. The summed E-state index contributed by atoms with van der Waals surface area (Å²) in [5.74, 6) is 3.46. The van der Waals surface area contributed by atoms with Gasteiger partial charge in [-0.25, -0.2) is 15.0 Å². The van der Waals surface area contributed by atoms with Crippen LogP contribution in [0.1, 0.15) is 67.2 Å². The number of ether oxygens (including phenoxy) is 2. The summed E-state index contributed by atoms with van der Waals surface area (Å²) in [5, 5.41) is 3.39. The highest BCUT2D eigenvalue weighted by Crippen LogP contribution is 2.40. The van der Waals surface area contributed by atoms with Crippen molar-refractivity contribution in [3.05, 3.63) is 156 Å². The topological polar surface area (TPSA) is 216 Å². The maximum absolute atomic E-state index is 13.3. The molecule has 3 aromatic carbocycles. The number of hydrogen-bond acceptors (Lipinski definition) is 13. The first-order valence-electron chi connectivity index (χ1n) is 30.5. The zero-order valence-corrected chi connectivity index (χ0v) is 55.4. The molecule has 478 valence electrons. The standard InChI is InChI=1S/C23H25Cl2N5O.C23H26Cl2N4O3.C20H21Cl2N5O/c24-17-4-5-18(20(25)11-17)19-14-30-21(10-16(19)12-26)27-13-22(30)28-6-8-29(9-7-28)23(31)15-2-1-3-15;1-14(2)13-32-21-17(10-26)18(16-4-3-15(24)9-19(16)25)12-29-20(11-27-22(21)29)23(30)28-5-7-31-8-6-28;1-13(28)25-4-6-26(7-5-25)20-11-24-19-8-14(10-23)17(12-27(19)20)16-3-2-15(21)9-18(16)22/h4-5,10-11,13-15H,1-3,6-9,12,26H2;3-4,9,11-12,14H,5-8,10,13,26H2,1-2H3;2-3,8-9,11-12H,4-7,10,23H2,1H3. The van der Waals surface area contributed by atoms with Gasteiger partial charge in [0.05, 0.1) is 38.4 Å². The number of pyridine rings is 3. The van der Waals surface area contributed by atoms with Crippen LogP contribution in [0.5, 0.6) is 5.75 Å². The number of halogens is 6. The van der Waals surface area contributed by atoms with Gasteiger partial charge in [-0.1, -0.05) is 108 Å². The number of hydrogen-bond donors (Lipinski definition) is 3. The average Bonchev–Trinajstić information content (AvgIpc) is 1.86. The van der Waals surface area contributed by atoms with Crippen LogP contribution in [0.3, 0.4) is 0 Å². The predicted molar refractivity (Wildman–Crippen MR) is 363 cm³/mol. The average molecular weight is 1350 g/mol. The smallest absolute Gasteiger partial charge is 0.272 e. The number of rotatable bonds is 13. The Morgan fingerprint density at radius 1 is 0.560 bits per heavy atom. The van der Waals surface area contributed by atoms with Crippen molar-refractivity contribution in [2.24, 2.45) is 29.0 Å². The second-order valence-electron chi connectivity index (χ2n) is 23.3. The molecule has 9 aromatic rings. The fraction of sp³-hybridized carbons (Fsp3) is 0.364. The van der Waals surface area contributed by atoms with E-state index in [1.165, 1.54) is 6.42 Å². The van der Waals surface area contributed by atoms with Gasteiger partial charge in [-0.3, -0.25) is 27.6 Å². The lowest BCUT2D eigenvalue weighted by Gasteiger charge is -2.38. The van der Waals surface area contributed by atoms with E-state index in [2.05, 4.69) is 53.6 Å². The van der Waals surface area contributed by atoms with E-state index in [9.17, 15) is 14.4 Å². The van der Waals surface area contributed by atoms with E-state index in [-0.39, 0.29) is 24.3 Å². The zero-order valence-electron chi connectivity index (χ0n) is 50.9. The first-order chi connectivity index (χ1) is 43.9. The molecule has 0 spiro atoms. The Hall–Kier alpha value is -6.88. The van der Waals surface area contributed by atoms with Gasteiger partial charge in [0, 0.05) is 186 Å². The van der Waals surface area contributed by atoms with E-state index in [0.29, 0.717) is 118 Å². The van der Waals surface area contributed by atoms with Crippen molar-refractivity contribution in [2.75, 3.05) is 95.1 Å².